The lowest BCUT2D eigenvalue weighted by molar-refractivity contribution is 0.0996. The summed E-state index contributed by atoms with van der Waals surface area (Å²) in [6.45, 7) is 0.717. The van der Waals surface area contributed by atoms with Crippen LogP contribution in [0.5, 0.6) is 0 Å². The number of thiophene rings is 1. The van der Waals surface area contributed by atoms with Gasteiger partial charge in [0, 0.05) is 14.7 Å². The number of carbonyl (C=O) groups is 1. The van der Waals surface area contributed by atoms with Gasteiger partial charge >= 0.3 is 0 Å². The van der Waals surface area contributed by atoms with Crippen molar-refractivity contribution in [1.82, 2.24) is 10.2 Å². The summed E-state index contributed by atoms with van der Waals surface area (Å²) in [5, 5.41) is 12.3. The second-order valence-corrected chi connectivity index (χ2v) is 8.83. The fourth-order valence-corrected chi connectivity index (χ4v) is 4.95. The van der Waals surface area contributed by atoms with Crippen LogP contribution in [0, 0.1) is 0 Å². The van der Waals surface area contributed by atoms with Gasteiger partial charge in [-0.05, 0) is 35.9 Å². The van der Waals surface area contributed by atoms with E-state index in [9.17, 15) is 4.79 Å². The van der Waals surface area contributed by atoms with Gasteiger partial charge in [-0.2, -0.15) is 0 Å². The molecule has 1 saturated heterocycles. The molecule has 0 spiro atoms. The van der Waals surface area contributed by atoms with Crippen molar-refractivity contribution in [2.45, 2.75) is 12.0 Å². The number of benzene rings is 1. The fourth-order valence-electron chi connectivity index (χ4n) is 2.65. The smallest absolute Gasteiger partial charge is 0.270 e. The van der Waals surface area contributed by atoms with E-state index < -0.39 is 5.91 Å². The third-order valence-electron chi connectivity index (χ3n) is 3.90. The molecule has 3 N–H and O–H groups in total. The van der Waals surface area contributed by atoms with Crippen LogP contribution in [0.25, 0.3) is 20.5 Å². The molecular formula is C17H15BrN4O2S2. The maximum absolute atomic E-state index is 11.8. The average molecular weight is 451 g/mol. The van der Waals surface area contributed by atoms with Crippen LogP contribution in [-0.2, 0) is 4.74 Å². The topological polar surface area (TPSA) is 90.1 Å². The second kappa shape index (κ2) is 7.51. The molecule has 1 atom stereocenters. The minimum absolute atomic E-state index is 0.170. The van der Waals surface area contributed by atoms with Crippen molar-refractivity contribution in [2.24, 2.45) is 5.73 Å². The maximum atomic E-state index is 11.8. The number of amides is 1. The number of primary amides is 1. The summed E-state index contributed by atoms with van der Waals surface area (Å²) in [6, 6.07) is 10.0. The Kier molecular flexibility index (Phi) is 5.12. The highest BCUT2D eigenvalue weighted by Crippen LogP contribution is 2.38. The summed E-state index contributed by atoms with van der Waals surface area (Å²) in [6.07, 6.45) is 1.04. The molecular weight excluding hydrogens is 436 g/mol. The Morgan fingerprint density at radius 1 is 1.31 bits per heavy atom. The molecule has 3 heterocycles. The first kappa shape index (κ1) is 17.7. The van der Waals surface area contributed by atoms with E-state index in [1.54, 1.807) is 11.8 Å². The molecule has 1 aliphatic heterocycles. The molecule has 0 bridgehead atoms. The molecule has 1 aromatic carbocycles. The van der Waals surface area contributed by atoms with Crippen LogP contribution < -0.4 is 11.1 Å². The third-order valence-corrected chi connectivity index (χ3v) is 6.70. The molecule has 1 unspecified atom stereocenters. The van der Waals surface area contributed by atoms with Gasteiger partial charge in [-0.15, -0.1) is 33.3 Å². The van der Waals surface area contributed by atoms with Gasteiger partial charge in [0.15, 0.2) is 17.1 Å². The minimum atomic E-state index is -0.582. The largest absolute Gasteiger partial charge is 0.364 e. The van der Waals surface area contributed by atoms with Crippen LogP contribution >= 0.6 is 39.0 Å². The van der Waals surface area contributed by atoms with Crippen LogP contribution in [0.1, 0.15) is 16.9 Å². The van der Waals surface area contributed by atoms with Gasteiger partial charge in [0.25, 0.3) is 5.91 Å². The van der Waals surface area contributed by atoms with E-state index >= 15 is 0 Å². The zero-order valence-corrected chi connectivity index (χ0v) is 16.8. The summed E-state index contributed by atoms with van der Waals surface area (Å²) in [7, 11) is 0. The predicted octanol–water partition coefficient (Wildman–Crippen LogP) is 4.07. The van der Waals surface area contributed by atoms with Crippen LogP contribution in [-0.4, -0.2) is 34.0 Å². The van der Waals surface area contributed by atoms with Gasteiger partial charge in [-0.3, -0.25) is 4.79 Å². The van der Waals surface area contributed by atoms with E-state index in [0.29, 0.717) is 12.4 Å². The summed E-state index contributed by atoms with van der Waals surface area (Å²) < 4.78 is 7.45. The number of ether oxygens (including phenoxy) is 1. The number of anilines is 1. The van der Waals surface area contributed by atoms with E-state index in [4.69, 9.17) is 10.5 Å². The zero-order valence-electron chi connectivity index (χ0n) is 13.6. The Balaban J connectivity index is 1.78. The fraction of sp³-hybridized carbons (Fsp3) is 0.235. The van der Waals surface area contributed by atoms with Crippen molar-refractivity contribution >= 4 is 60.8 Å². The van der Waals surface area contributed by atoms with E-state index in [1.165, 1.54) is 11.3 Å². The van der Waals surface area contributed by atoms with Crippen molar-refractivity contribution in [3.05, 3.63) is 40.5 Å². The lowest BCUT2D eigenvalue weighted by Crippen LogP contribution is -2.25. The quantitative estimate of drug-likeness (QED) is 0.622. The number of nitrogens with zero attached hydrogens (tertiary/aromatic N) is 2. The number of carbonyl (C=O) groups excluding carboxylic acids is 1. The molecule has 1 aliphatic rings. The summed E-state index contributed by atoms with van der Waals surface area (Å²) in [4.78, 5) is 12.8. The molecule has 1 fully saturated rings. The Bertz CT molecular complexity index is 955. The van der Waals surface area contributed by atoms with E-state index in [0.717, 1.165) is 37.2 Å². The number of fused-ring (bicyclic) bond motifs is 1. The lowest BCUT2D eigenvalue weighted by atomic mass is 10.1. The monoisotopic (exact) mass is 450 g/mol. The number of hydrogen-bond donors (Lipinski definition) is 2. The number of aromatic nitrogens is 2. The second-order valence-electron chi connectivity index (χ2n) is 5.69. The number of rotatable bonds is 4. The highest BCUT2D eigenvalue weighted by atomic mass is 79.9. The van der Waals surface area contributed by atoms with Crippen molar-refractivity contribution in [2.75, 3.05) is 17.7 Å². The minimum Gasteiger partial charge on any atom is -0.364 e. The summed E-state index contributed by atoms with van der Waals surface area (Å²) in [5.41, 5.74) is 6.57. The Hall–Kier alpha value is -1.68. The van der Waals surface area contributed by atoms with Gasteiger partial charge in [0.2, 0.25) is 0 Å². The number of nitrogens with one attached hydrogen (secondary N) is 1. The predicted molar refractivity (Wildman–Crippen MR) is 110 cm³/mol. The Morgan fingerprint density at radius 3 is 2.81 bits per heavy atom. The van der Waals surface area contributed by atoms with Gasteiger partial charge < -0.3 is 15.8 Å². The van der Waals surface area contributed by atoms with Gasteiger partial charge in [-0.25, -0.2) is 0 Å². The van der Waals surface area contributed by atoms with Gasteiger partial charge in [0.1, 0.15) is 0 Å². The van der Waals surface area contributed by atoms with Crippen LogP contribution in [0.4, 0.5) is 5.82 Å². The number of thioether (sulfide) groups is 1. The lowest BCUT2D eigenvalue weighted by Gasteiger charge is -2.23. The van der Waals surface area contributed by atoms with Gasteiger partial charge in [-0.1, -0.05) is 28.1 Å². The summed E-state index contributed by atoms with van der Waals surface area (Å²) in [5.74, 6) is 1.05. The van der Waals surface area contributed by atoms with Crippen molar-refractivity contribution < 1.29 is 9.53 Å². The molecule has 0 radical (unpaired) electrons. The molecule has 2 aromatic heterocycles. The molecule has 26 heavy (non-hydrogen) atoms. The first-order valence-electron chi connectivity index (χ1n) is 7.97. The van der Waals surface area contributed by atoms with E-state index in [-0.39, 0.29) is 11.3 Å². The summed E-state index contributed by atoms with van der Waals surface area (Å²) >= 11 is 6.61. The van der Waals surface area contributed by atoms with Crippen LogP contribution in [0.3, 0.4) is 0 Å². The SMILES string of the molecule is NC(=O)c1nnc(NC2OCCCS2)c2cc(-c3ccc(Br)cc3)sc12. The molecule has 0 saturated carbocycles. The Labute approximate surface area is 166 Å². The third kappa shape index (κ3) is 3.57. The molecule has 3 aromatic rings. The van der Waals surface area contributed by atoms with E-state index in [2.05, 4.69) is 31.4 Å². The van der Waals surface area contributed by atoms with Crippen molar-refractivity contribution in [3.63, 3.8) is 0 Å². The normalized spacial score (nSPS) is 17.3. The molecule has 4 rings (SSSR count). The molecule has 0 aliphatic carbocycles. The number of hydrogen-bond acceptors (Lipinski definition) is 7. The van der Waals surface area contributed by atoms with Crippen LogP contribution in [0.2, 0.25) is 0 Å². The van der Waals surface area contributed by atoms with E-state index in [1.807, 2.05) is 30.3 Å². The van der Waals surface area contributed by atoms with Crippen LogP contribution in [0.15, 0.2) is 34.8 Å². The van der Waals surface area contributed by atoms with Gasteiger partial charge in [0.05, 0.1) is 11.3 Å². The molecule has 134 valence electrons. The standard InChI is InChI=1S/C17H15BrN4O2S2/c18-10-4-2-9(3-5-10)12-8-11-14(26-12)13(15(19)23)21-22-16(11)20-17-24-6-1-7-25-17/h2-5,8,17H,1,6-7H2,(H2,19,23)(H,20,22). The van der Waals surface area contributed by atoms with Crippen molar-refractivity contribution in [3.8, 4) is 10.4 Å². The average Bonchev–Trinajstić information content (AvgIpc) is 3.09. The zero-order chi connectivity index (χ0) is 18.1. The first-order chi connectivity index (χ1) is 12.6. The highest BCUT2D eigenvalue weighted by molar-refractivity contribution is 9.10. The maximum Gasteiger partial charge on any atom is 0.270 e. The Morgan fingerprint density at radius 2 is 2.12 bits per heavy atom. The molecule has 6 nitrogen and oxygen atoms in total. The number of nitrogens with two attached hydrogens (primary N) is 1. The first-order valence-corrected chi connectivity index (χ1v) is 10.6. The molecule has 9 heteroatoms. The highest BCUT2D eigenvalue weighted by Gasteiger charge is 2.21. The number of halogens is 1. The van der Waals surface area contributed by atoms with Crippen molar-refractivity contribution in [1.29, 1.82) is 0 Å². The molecule has 1 amide bonds.